The van der Waals surface area contributed by atoms with E-state index in [0.29, 0.717) is 11.6 Å². The van der Waals surface area contributed by atoms with Gasteiger partial charge in [0.25, 0.3) is 5.69 Å². The van der Waals surface area contributed by atoms with E-state index in [1.807, 2.05) is 0 Å². The van der Waals surface area contributed by atoms with Gasteiger partial charge in [0.1, 0.15) is 6.10 Å². The maximum atomic E-state index is 11.9. The molecule has 1 amide bonds. The molecule has 1 aromatic rings. The van der Waals surface area contributed by atoms with E-state index >= 15 is 0 Å². The maximum Gasteiger partial charge on any atom is 0.411 e. The molecule has 114 valence electrons. The van der Waals surface area contributed by atoms with Gasteiger partial charge < -0.3 is 4.74 Å². The summed E-state index contributed by atoms with van der Waals surface area (Å²) in [7, 11) is 0. The number of benzene rings is 1. The number of amides is 1. The fourth-order valence-corrected chi connectivity index (χ4v) is 2.63. The lowest BCUT2D eigenvalue weighted by molar-refractivity contribution is -0.384. The number of hydrogen-bond acceptors (Lipinski definition) is 4. The third kappa shape index (κ3) is 4.18. The van der Waals surface area contributed by atoms with Crippen LogP contribution in [-0.2, 0) is 4.74 Å². The Hall–Kier alpha value is -2.11. The van der Waals surface area contributed by atoms with Crippen LogP contribution in [0.5, 0.6) is 0 Å². The zero-order valence-corrected chi connectivity index (χ0v) is 12.3. The molecule has 0 aromatic heterocycles. The van der Waals surface area contributed by atoms with Gasteiger partial charge in [0.05, 0.1) is 10.6 Å². The summed E-state index contributed by atoms with van der Waals surface area (Å²) in [5, 5.41) is 13.4. The van der Waals surface area contributed by atoms with Crippen LogP contribution < -0.4 is 5.32 Å². The molecule has 1 aliphatic carbocycles. The Balaban J connectivity index is 1.99. The number of rotatable bonds is 3. The number of ether oxygens (including phenoxy) is 1. The van der Waals surface area contributed by atoms with E-state index in [1.54, 1.807) is 13.0 Å². The summed E-state index contributed by atoms with van der Waals surface area (Å²) in [5.41, 5.74) is 1.12. The van der Waals surface area contributed by atoms with Crippen LogP contribution in [-0.4, -0.2) is 17.1 Å². The molecular weight excluding hydrogens is 272 g/mol. The number of anilines is 1. The summed E-state index contributed by atoms with van der Waals surface area (Å²) in [6.07, 6.45) is 3.39. The van der Waals surface area contributed by atoms with Gasteiger partial charge in [-0.2, -0.15) is 0 Å². The Morgan fingerprint density at radius 2 is 2.19 bits per heavy atom. The lowest BCUT2D eigenvalue weighted by Crippen LogP contribution is -2.27. The first-order valence-electron chi connectivity index (χ1n) is 7.18. The van der Waals surface area contributed by atoms with Gasteiger partial charge in [-0.15, -0.1) is 0 Å². The molecule has 2 atom stereocenters. The molecular formula is C15H20N2O4. The number of nitro benzene ring substituents is 1. The summed E-state index contributed by atoms with van der Waals surface area (Å²) in [4.78, 5) is 22.2. The van der Waals surface area contributed by atoms with Crippen molar-refractivity contribution in [3.63, 3.8) is 0 Å². The van der Waals surface area contributed by atoms with Gasteiger partial charge in [-0.1, -0.05) is 19.4 Å². The lowest BCUT2D eigenvalue weighted by Gasteiger charge is -2.26. The van der Waals surface area contributed by atoms with Crippen molar-refractivity contribution < 1.29 is 14.5 Å². The zero-order valence-electron chi connectivity index (χ0n) is 12.3. The first-order valence-corrected chi connectivity index (χ1v) is 7.18. The quantitative estimate of drug-likeness (QED) is 0.673. The van der Waals surface area contributed by atoms with Gasteiger partial charge in [-0.3, -0.25) is 15.4 Å². The van der Waals surface area contributed by atoms with Crippen LogP contribution in [0.3, 0.4) is 0 Å². The molecule has 6 heteroatoms. The number of non-ortho nitro benzene ring substituents is 1. The second kappa shape index (κ2) is 6.56. The second-order valence-corrected chi connectivity index (χ2v) is 5.68. The molecule has 21 heavy (non-hydrogen) atoms. The van der Waals surface area contributed by atoms with Crippen molar-refractivity contribution in [1.29, 1.82) is 0 Å². The fourth-order valence-electron chi connectivity index (χ4n) is 2.63. The van der Waals surface area contributed by atoms with Gasteiger partial charge in [-0.25, -0.2) is 4.79 Å². The predicted octanol–water partition coefficient (Wildman–Crippen LogP) is 4.03. The first kappa shape index (κ1) is 15.3. The molecule has 0 aliphatic heterocycles. The number of carbonyl (C=O) groups excluding carboxylic acids is 1. The smallest absolute Gasteiger partial charge is 0.411 e. The monoisotopic (exact) mass is 292 g/mol. The molecule has 0 heterocycles. The van der Waals surface area contributed by atoms with Gasteiger partial charge in [0, 0.05) is 12.1 Å². The van der Waals surface area contributed by atoms with E-state index in [-0.39, 0.29) is 11.8 Å². The van der Waals surface area contributed by atoms with Gasteiger partial charge in [-0.05, 0) is 37.7 Å². The molecule has 0 unspecified atom stereocenters. The van der Waals surface area contributed by atoms with Gasteiger partial charge >= 0.3 is 6.09 Å². The highest BCUT2D eigenvalue weighted by molar-refractivity contribution is 5.86. The van der Waals surface area contributed by atoms with E-state index in [0.717, 1.165) is 24.8 Å². The number of hydrogen-bond donors (Lipinski definition) is 1. The molecule has 0 spiro atoms. The zero-order chi connectivity index (χ0) is 15.4. The molecule has 1 aliphatic rings. The van der Waals surface area contributed by atoms with E-state index in [4.69, 9.17) is 4.74 Å². The second-order valence-electron chi connectivity index (χ2n) is 5.68. The number of nitrogens with one attached hydrogen (secondary N) is 1. The third-order valence-electron chi connectivity index (χ3n) is 3.83. The van der Waals surface area contributed by atoms with E-state index in [9.17, 15) is 14.9 Å². The number of carbonyl (C=O) groups is 1. The Bertz CT molecular complexity index is 544. The topological polar surface area (TPSA) is 81.5 Å². The predicted molar refractivity (Wildman–Crippen MR) is 79.4 cm³/mol. The molecule has 0 radical (unpaired) electrons. The minimum absolute atomic E-state index is 0.0535. The SMILES string of the molecule is Cc1ccc([N+](=O)[O-])cc1NC(=O)O[C@@H]1CCC[C@H](C)C1. The minimum Gasteiger partial charge on any atom is -0.446 e. The van der Waals surface area contributed by atoms with Crippen molar-refractivity contribution in [1.82, 2.24) is 0 Å². The molecule has 1 N–H and O–H groups in total. The van der Waals surface area contributed by atoms with Crippen molar-refractivity contribution in [3.8, 4) is 0 Å². The van der Waals surface area contributed by atoms with Crippen molar-refractivity contribution in [2.45, 2.75) is 45.6 Å². The highest BCUT2D eigenvalue weighted by atomic mass is 16.6. The standard InChI is InChI=1S/C15H20N2O4/c1-10-4-3-5-13(8-10)21-15(18)16-14-9-12(17(19)20)7-6-11(14)2/h6-7,9-10,13H,3-5,8H2,1-2H3,(H,16,18)/t10-,13+/m0/s1. The largest absolute Gasteiger partial charge is 0.446 e. The Labute approximate surface area is 123 Å². The average molecular weight is 292 g/mol. The van der Waals surface area contributed by atoms with Crippen LogP contribution in [0.15, 0.2) is 18.2 Å². The normalized spacial score (nSPS) is 21.6. The van der Waals surface area contributed by atoms with Gasteiger partial charge in [0.15, 0.2) is 0 Å². The van der Waals surface area contributed by atoms with Crippen LogP contribution in [0.1, 0.15) is 38.2 Å². The molecule has 6 nitrogen and oxygen atoms in total. The molecule has 1 aromatic carbocycles. The molecule has 1 fully saturated rings. The summed E-state index contributed by atoms with van der Waals surface area (Å²) < 4.78 is 5.40. The molecule has 0 bridgehead atoms. The maximum absolute atomic E-state index is 11.9. The Kier molecular flexibility index (Phi) is 4.77. The van der Waals surface area contributed by atoms with E-state index in [2.05, 4.69) is 12.2 Å². The number of nitrogens with zero attached hydrogens (tertiary/aromatic N) is 1. The summed E-state index contributed by atoms with van der Waals surface area (Å²) in [5.74, 6) is 0.566. The van der Waals surface area contributed by atoms with Crippen molar-refractivity contribution >= 4 is 17.5 Å². The van der Waals surface area contributed by atoms with Crippen LogP contribution in [0, 0.1) is 23.0 Å². The van der Waals surface area contributed by atoms with Crippen LogP contribution in [0.25, 0.3) is 0 Å². The van der Waals surface area contributed by atoms with E-state index in [1.165, 1.54) is 18.6 Å². The summed E-state index contributed by atoms with van der Waals surface area (Å²) in [6.45, 7) is 3.93. The third-order valence-corrected chi connectivity index (χ3v) is 3.83. The van der Waals surface area contributed by atoms with Gasteiger partial charge in [0.2, 0.25) is 0 Å². The van der Waals surface area contributed by atoms with E-state index < -0.39 is 11.0 Å². The Morgan fingerprint density at radius 1 is 1.43 bits per heavy atom. The van der Waals surface area contributed by atoms with Crippen molar-refractivity contribution in [2.24, 2.45) is 5.92 Å². The van der Waals surface area contributed by atoms with Crippen LogP contribution in [0.2, 0.25) is 0 Å². The molecule has 2 rings (SSSR count). The fraction of sp³-hybridized carbons (Fsp3) is 0.533. The molecule has 0 saturated heterocycles. The van der Waals surface area contributed by atoms with Crippen molar-refractivity contribution in [2.75, 3.05) is 5.32 Å². The van der Waals surface area contributed by atoms with Crippen LogP contribution >= 0.6 is 0 Å². The number of aryl methyl sites for hydroxylation is 1. The average Bonchev–Trinajstić information content (AvgIpc) is 2.41. The first-order chi connectivity index (χ1) is 9.95. The lowest BCUT2D eigenvalue weighted by atomic mass is 9.89. The molecule has 1 saturated carbocycles. The van der Waals surface area contributed by atoms with Crippen LogP contribution in [0.4, 0.5) is 16.2 Å². The Morgan fingerprint density at radius 3 is 2.86 bits per heavy atom. The summed E-state index contributed by atoms with van der Waals surface area (Å²) in [6, 6.07) is 4.37. The van der Waals surface area contributed by atoms with Crippen molar-refractivity contribution in [3.05, 3.63) is 33.9 Å². The highest BCUT2D eigenvalue weighted by Gasteiger charge is 2.22. The number of nitro groups is 1. The summed E-state index contributed by atoms with van der Waals surface area (Å²) >= 11 is 0. The highest BCUT2D eigenvalue weighted by Crippen LogP contribution is 2.27. The minimum atomic E-state index is -0.544.